The number of nitrogens with zero attached hydrogens (tertiary/aromatic N) is 3. The van der Waals surface area contributed by atoms with E-state index in [9.17, 15) is 86.9 Å². The van der Waals surface area contributed by atoms with Crippen LogP contribution in [0.2, 0.25) is 0 Å². The highest BCUT2D eigenvalue weighted by molar-refractivity contribution is 7.98. The molecular weight excluding hydrogens is 1620 g/mol. The Kier molecular flexibility index (Phi) is 49.4. The number of aliphatic carboxylic acids is 1. The Balaban J connectivity index is 2.54. The molecule has 0 saturated heterocycles. The topological polar surface area (TPSA) is 718 Å². The molecule has 0 aliphatic rings. The summed E-state index contributed by atoms with van der Waals surface area (Å²) in [7, 11) is 0. The van der Waals surface area contributed by atoms with Crippen LogP contribution in [-0.4, -0.2) is 256 Å². The van der Waals surface area contributed by atoms with E-state index in [1.54, 1.807) is 78.1 Å². The number of aromatic amines is 1. The van der Waals surface area contributed by atoms with Crippen molar-refractivity contribution in [3.63, 3.8) is 0 Å². The fourth-order valence-electron chi connectivity index (χ4n) is 12.4. The summed E-state index contributed by atoms with van der Waals surface area (Å²) in [5.41, 5.74) is 40.7. The number of amides is 15. The van der Waals surface area contributed by atoms with E-state index in [0.717, 1.165) is 6.92 Å². The molecule has 1 aromatic heterocycles. The Hall–Kier alpha value is -11.3. The first kappa shape index (κ1) is 108. The lowest BCUT2D eigenvalue weighted by Gasteiger charge is -2.29. The minimum Gasteiger partial charge on any atom is -0.480 e. The number of aromatic nitrogens is 2. The Labute approximate surface area is 722 Å². The summed E-state index contributed by atoms with van der Waals surface area (Å²) in [6.45, 7) is 19.0. The Morgan fingerprint density at radius 3 is 1.26 bits per heavy atom. The second kappa shape index (κ2) is 56.4. The maximum atomic E-state index is 14.8. The van der Waals surface area contributed by atoms with Crippen LogP contribution in [0.1, 0.15) is 171 Å². The summed E-state index contributed by atoms with van der Waals surface area (Å²) in [5, 5.41) is 56.5. The van der Waals surface area contributed by atoms with Crippen LogP contribution in [-0.2, 0) is 89.6 Å². The van der Waals surface area contributed by atoms with Gasteiger partial charge in [-0.1, -0.05) is 99.6 Å². The highest BCUT2D eigenvalue weighted by atomic mass is 32.2. The van der Waals surface area contributed by atoms with E-state index in [4.69, 9.17) is 40.1 Å². The number of aliphatic hydroxyl groups excluding tert-OH is 1. The van der Waals surface area contributed by atoms with Crippen LogP contribution in [0, 0.1) is 29.6 Å². The molecule has 1 heterocycles. The number of unbranched alkanes of at least 4 members (excludes halogenated alkanes) is 1. The van der Waals surface area contributed by atoms with Gasteiger partial charge in [-0.05, 0) is 138 Å². The Morgan fingerprint density at radius 1 is 0.439 bits per heavy atom. The molecule has 0 radical (unpaired) electrons. The minimum absolute atomic E-state index is 0.0143. The zero-order chi connectivity index (χ0) is 92.9. The van der Waals surface area contributed by atoms with Crippen molar-refractivity contribution in [3.8, 4) is 0 Å². The second-order valence-electron chi connectivity index (χ2n) is 32.2. The van der Waals surface area contributed by atoms with Crippen molar-refractivity contribution in [1.82, 2.24) is 84.4 Å². The predicted molar refractivity (Wildman–Crippen MR) is 461 cm³/mol. The number of hydrogen-bond donors (Lipinski definition) is 24. The number of hydrogen-bond acceptors (Lipinski definition) is 23. The summed E-state index contributed by atoms with van der Waals surface area (Å²) < 4.78 is 0. The smallest absolute Gasteiger partial charge is 0.322 e. The zero-order valence-corrected chi connectivity index (χ0v) is 73.6. The summed E-state index contributed by atoms with van der Waals surface area (Å²) in [4.78, 5) is 238. The average Bonchev–Trinajstić information content (AvgIpc) is 1.52. The number of carboxylic acid groups (broad SMARTS) is 1. The Morgan fingerprint density at radius 2 is 0.829 bits per heavy atom. The standard InChI is InChI=1S/C79H135N25O18S/c1-40(2)31-53(71(116)98-54(32-41(3)4)72(117)99-56(34-47-21-15-14-16-22-47)73(118)95-52(26-30-123-13)65(110)90-38-60(107)108)97-64(109)45(11)92-69(114)58(36-59(81)106)102-76(121)62(44(9)10)103-74(119)57(35-48-37-87-39-91-48)100-67(112)51(25-20-29-89-79(85)86)96-77(122)63(46(12)105)104-68(113)49(23-17-18-27-80)93-66(111)50(24-19-28-88-78(83)84)94-70(115)55(33-42(5)6)101-75(120)61(82)43(7)8/h14-16,21-22,37,39-46,49-58,61-63,105H,17-20,23-36,38,80,82H2,1-13H3,(H2,81,106)(H,87,91)(H,90,110)(H,92,114)(H,93,111)(H,94,115)(H,95,118)(H,96,122)(H,97,109)(H,98,116)(H,99,117)(H,100,112)(H,101,120)(H,102,121)(H,103,119)(H,104,113)(H,107,108)(H4,83,84,88)(H4,85,86,89)/t45-,46+,49-,50-,51-,52-,53-,54-,55-,56-,57-,58-,61-,62-,63-/m0/s1. The first-order chi connectivity index (χ1) is 57.8. The van der Waals surface area contributed by atoms with Crippen LogP contribution < -0.4 is 115 Å². The van der Waals surface area contributed by atoms with Crippen molar-refractivity contribution < 1.29 is 86.9 Å². The lowest BCUT2D eigenvalue weighted by atomic mass is 9.99. The minimum atomic E-state index is -1.87. The first-order valence-corrected chi connectivity index (χ1v) is 42.7. The van der Waals surface area contributed by atoms with E-state index >= 15 is 0 Å². The number of thioether (sulfide) groups is 1. The van der Waals surface area contributed by atoms with Gasteiger partial charge >= 0.3 is 5.97 Å². The molecule has 0 saturated carbocycles. The van der Waals surface area contributed by atoms with Gasteiger partial charge in [0.2, 0.25) is 88.6 Å². The van der Waals surface area contributed by atoms with Gasteiger partial charge in [0.05, 0.1) is 24.9 Å². The number of rotatable bonds is 59. The van der Waals surface area contributed by atoms with Crippen molar-refractivity contribution >= 4 is 118 Å². The largest absolute Gasteiger partial charge is 0.480 e. The molecule has 0 fully saturated rings. The summed E-state index contributed by atoms with van der Waals surface area (Å²) in [6.07, 6.45) is 1.90. The third-order valence-electron chi connectivity index (χ3n) is 19.1. The summed E-state index contributed by atoms with van der Waals surface area (Å²) in [6, 6.07) is -11.6. The zero-order valence-electron chi connectivity index (χ0n) is 72.7. The van der Waals surface area contributed by atoms with Gasteiger partial charge in [0, 0.05) is 37.8 Å². The molecule has 690 valence electrons. The van der Waals surface area contributed by atoms with Crippen LogP contribution in [0.4, 0.5) is 0 Å². The molecule has 2 rings (SSSR count). The van der Waals surface area contributed by atoms with Crippen LogP contribution in [0.3, 0.4) is 0 Å². The number of carbonyl (C=O) groups excluding carboxylic acids is 15. The van der Waals surface area contributed by atoms with Crippen molar-refractivity contribution in [3.05, 3.63) is 54.1 Å². The fraction of sp³-hybridized carbons (Fsp3) is 0.658. The number of primary amides is 1. The van der Waals surface area contributed by atoms with Gasteiger partial charge in [0.1, 0.15) is 85.1 Å². The monoisotopic (exact) mass is 1750 g/mol. The second-order valence-corrected chi connectivity index (χ2v) is 33.2. The van der Waals surface area contributed by atoms with Crippen molar-refractivity contribution in [2.45, 2.75) is 264 Å². The van der Waals surface area contributed by atoms with Gasteiger partial charge in [0.25, 0.3) is 0 Å². The number of aliphatic imine (C=N–C) groups is 2. The van der Waals surface area contributed by atoms with Gasteiger partial charge in [-0.15, -0.1) is 0 Å². The van der Waals surface area contributed by atoms with E-state index in [1.807, 2.05) is 13.8 Å². The number of guanidine groups is 2. The van der Waals surface area contributed by atoms with E-state index in [-0.39, 0.29) is 138 Å². The quantitative estimate of drug-likeness (QED) is 0.0167. The molecule has 0 aliphatic carbocycles. The van der Waals surface area contributed by atoms with E-state index in [0.29, 0.717) is 17.7 Å². The molecule has 15 amide bonds. The molecular formula is C79H135N25O18S. The molecule has 123 heavy (non-hydrogen) atoms. The maximum absolute atomic E-state index is 14.8. The molecule has 31 N–H and O–H groups in total. The number of imidazole rings is 1. The van der Waals surface area contributed by atoms with Gasteiger partial charge < -0.3 is 130 Å². The third kappa shape index (κ3) is 42.4. The Bertz CT molecular complexity index is 3830. The number of H-pyrrole nitrogens is 1. The molecule has 0 bridgehead atoms. The average molecular weight is 1760 g/mol. The molecule has 43 nitrogen and oxygen atoms in total. The highest BCUT2D eigenvalue weighted by Crippen LogP contribution is 2.17. The number of nitrogens with one attached hydrogen (secondary N) is 15. The first-order valence-electron chi connectivity index (χ1n) is 41.3. The highest BCUT2D eigenvalue weighted by Gasteiger charge is 2.40. The van der Waals surface area contributed by atoms with Crippen LogP contribution in [0.5, 0.6) is 0 Å². The lowest BCUT2D eigenvalue weighted by molar-refractivity contribution is -0.138. The molecule has 1 aromatic carbocycles. The van der Waals surface area contributed by atoms with Gasteiger partial charge in [-0.25, -0.2) is 4.98 Å². The molecule has 0 unspecified atom stereocenters. The number of nitrogens with two attached hydrogens (primary N) is 7. The summed E-state index contributed by atoms with van der Waals surface area (Å²) >= 11 is 1.38. The molecule has 0 aliphatic heterocycles. The van der Waals surface area contributed by atoms with Gasteiger partial charge in [-0.2, -0.15) is 11.8 Å². The SMILES string of the molecule is CSCC[C@H](NC(=O)[C@H](Cc1ccccc1)NC(=O)[C@H](CC(C)C)NC(=O)[C@H](CC(C)C)NC(=O)[C@H](C)NC(=O)[C@H](CC(N)=O)NC(=O)[C@@H](NC(=O)[C@H](Cc1cnc[nH]1)NC(=O)[C@H](CCCN=C(N)N)NC(=O)[C@@H](NC(=O)[C@H](CCCCN)NC(=O)[C@H](CCCN=C(N)N)NC(=O)[C@H](CC(C)C)NC(=O)[C@@H](N)C(C)C)[C@@H](C)O)C(C)C)C(=O)NCC(=O)O. The van der Waals surface area contributed by atoms with Crippen molar-refractivity contribution in [2.24, 2.45) is 79.7 Å². The van der Waals surface area contributed by atoms with Crippen LogP contribution in [0.25, 0.3) is 0 Å². The van der Waals surface area contributed by atoms with Crippen LogP contribution >= 0.6 is 11.8 Å². The number of carboxylic acids is 1. The normalized spacial score (nSPS) is 14.9. The number of benzene rings is 1. The van der Waals surface area contributed by atoms with Gasteiger partial charge in [0.15, 0.2) is 11.9 Å². The van der Waals surface area contributed by atoms with Crippen molar-refractivity contribution in [1.29, 1.82) is 0 Å². The van der Waals surface area contributed by atoms with E-state index < -0.39 is 204 Å². The molecule has 0 spiro atoms. The van der Waals surface area contributed by atoms with Crippen LogP contribution in [0.15, 0.2) is 52.8 Å². The lowest BCUT2D eigenvalue weighted by Crippen LogP contribution is -2.62. The van der Waals surface area contributed by atoms with Crippen molar-refractivity contribution in [2.75, 3.05) is 38.2 Å². The van der Waals surface area contributed by atoms with E-state index in [1.165, 1.54) is 45.1 Å². The number of aliphatic hydroxyl groups is 1. The molecule has 44 heteroatoms. The maximum Gasteiger partial charge on any atom is 0.322 e. The predicted octanol–water partition coefficient (Wildman–Crippen LogP) is -5.26. The number of carbonyl (C=O) groups is 16. The van der Waals surface area contributed by atoms with E-state index in [2.05, 4.69) is 94.4 Å². The third-order valence-corrected chi connectivity index (χ3v) is 19.7. The summed E-state index contributed by atoms with van der Waals surface area (Å²) in [5.74, 6) is -17.1. The molecule has 15 atom stereocenters. The van der Waals surface area contributed by atoms with Gasteiger partial charge in [-0.3, -0.25) is 86.7 Å². The fourth-order valence-corrected chi connectivity index (χ4v) is 12.8. The molecule has 2 aromatic rings.